The third-order valence-corrected chi connectivity index (χ3v) is 7.34. The predicted octanol–water partition coefficient (Wildman–Crippen LogP) is 1.90. The predicted molar refractivity (Wildman–Crippen MR) is 140 cm³/mol. The summed E-state index contributed by atoms with van der Waals surface area (Å²) in [5.41, 5.74) is 6.58. The van der Waals surface area contributed by atoms with E-state index in [1.807, 2.05) is 23.1 Å². The molecular weight excluding hydrogens is 472 g/mol. The van der Waals surface area contributed by atoms with Crippen molar-refractivity contribution in [2.45, 2.75) is 25.3 Å². The maximum atomic E-state index is 13.1. The minimum Gasteiger partial charge on any atom is -0.497 e. The van der Waals surface area contributed by atoms with Crippen LogP contribution in [0.3, 0.4) is 0 Å². The van der Waals surface area contributed by atoms with E-state index in [1.54, 1.807) is 24.2 Å². The number of nitrogens with one attached hydrogen (secondary N) is 2. The standard InChI is InChI=1S/C26H32N8O3/c1-3-17-14-33(15-23(17)31-27)25(35)22-13-24(29-16-28-22)32-9-7-19(8-10-32)34-11-6-18-12-20(37-2)4-5-21(18)30-26(34)36/h3-5,12-13,16,19,31H,1,6-11,14-15,27H2,2H3,(H,30,36). The molecule has 0 spiro atoms. The number of nitrogens with two attached hydrogens (primary N) is 1. The van der Waals surface area contributed by atoms with E-state index in [9.17, 15) is 9.59 Å². The van der Waals surface area contributed by atoms with Crippen LogP contribution >= 0.6 is 0 Å². The van der Waals surface area contributed by atoms with Crippen molar-refractivity contribution in [3.8, 4) is 5.75 Å². The van der Waals surface area contributed by atoms with Gasteiger partial charge >= 0.3 is 6.03 Å². The van der Waals surface area contributed by atoms with Crippen molar-refractivity contribution >= 4 is 23.4 Å². The molecule has 0 bridgehead atoms. The molecule has 1 aromatic carbocycles. The molecule has 3 aliphatic heterocycles. The molecule has 0 radical (unpaired) electrons. The summed E-state index contributed by atoms with van der Waals surface area (Å²) in [5.74, 6) is 6.90. The Kier molecular flexibility index (Phi) is 6.95. The number of fused-ring (bicyclic) bond motifs is 1. The number of nitrogens with zero attached hydrogens (tertiary/aromatic N) is 5. The summed E-state index contributed by atoms with van der Waals surface area (Å²) >= 11 is 0. The Morgan fingerprint density at radius 1 is 1.22 bits per heavy atom. The van der Waals surface area contributed by atoms with E-state index in [1.165, 1.54) is 6.33 Å². The SMILES string of the molecule is C=CC1=C(NN)CN(C(=O)c2cc(N3CCC(N4CCc5cc(OC)ccc5NC4=O)CC3)ncn2)C1. The van der Waals surface area contributed by atoms with Gasteiger partial charge in [0.2, 0.25) is 0 Å². The zero-order chi connectivity index (χ0) is 25.9. The number of aromatic nitrogens is 2. The van der Waals surface area contributed by atoms with E-state index in [0.717, 1.165) is 60.6 Å². The monoisotopic (exact) mass is 504 g/mol. The molecule has 4 N–H and O–H groups in total. The lowest BCUT2D eigenvalue weighted by Crippen LogP contribution is -2.49. The number of hydrogen-bond acceptors (Lipinski definition) is 8. The topological polar surface area (TPSA) is 129 Å². The van der Waals surface area contributed by atoms with Gasteiger partial charge in [-0.1, -0.05) is 12.7 Å². The van der Waals surface area contributed by atoms with Crippen LogP contribution in [0.25, 0.3) is 0 Å². The first-order valence-electron chi connectivity index (χ1n) is 12.4. The number of anilines is 2. The highest BCUT2D eigenvalue weighted by Crippen LogP contribution is 2.28. The molecule has 3 aliphatic rings. The minimum atomic E-state index is -0.180. The van der Waals surface area contributed by atoms with Crippen LogP contribution in [0.1, 0.15) is 28.9 Å². The van der Waals surface area contributed by atoms with Crippen LogP contribution in [0.15, 0.2) is 54.5 Å². The Hall–Kier alpha value is -4.12. The molecule has 194 valence electrons. The molecule has 0 atom stereocenters. The number of hydrazine groups is 1. The van der Waals surface area contributed by atoms with E-state index < -0.39 is 0 Å². The van der Waals surface area contributed by atoms with Gasteiger partial charge in [0.05, 0.1) is 19.4 Å². The smallest absolute Gasteiger partial charge is 0.322 e. The second-order valence-corrected chi connectivity index (χ2v) is 9.39. The highest BCUT2D eigenvalue weighted by Gasteiger charge is 2.31. The molecule has 11 nitrogen and oxygen atoms in total. The minimum absolute atomic E-state index is 0.0678. The molecule has 4 heterocycles. The summed E-state index contributed by atoms with van der Waals surface area (Å²) < 4.78 is 5.34. The average molecular weight is 505 g/mol. The Labute approximate surface area is 215 Å². The van der Waals surface area contributed by atoms with Gasteiger partial charge in [0.1, 0.15) is 23.6 Å². The van der Waals surface area contributed by atoms with Crippen LogP contribution in [0, 0.1) is 0 Å². The zero-order valence-electron chi connectivity index (χ0n) is 20.9. The van der Waals surface area contributed by atoms with Crippen molar-refractivity contribution in [3.05, 3.63) is 65.8 Å². The Bertz CT molecular complexity index is 1240. The number of carbonyl (C=O) groups excluding carboxylic acids is 2. The third-order valence-electron chi connectivity index (χ3n) is 7.34. The number of methoxy groups -OCH3 is 1. The van der Waals surface area contributed by atoms with Crippen LogP contribution in [0.4, 0.5) is 16.3 Å². The summed E-state index contributed by atoms with van der Waals surface area (Å²) in [6, 6.07) is 7.55. The lowest BCUT2D eigenvalue weighted by Gasteiger charge is -2.38. The first-order chi connectivity index (χ1) is 18.0. The number of hydrogen-bond donors (Lipinski definition) is 3. The number of ether oxygens (including phenoxy) is 1. The van der Waals surface area contributed by atoms with E-state index in [-0.39, 0.29) is 18.0 Å². The number of carbonyl (C=O) groups is 2. The lowest BCUT2D eigenvalue weighted by molar-refractivity contribution is 0.0789. The quantitative estimate of drug-likeness (QED) is 0.402. The number of urea groups is 1. The maximum absolute atomic E-state index is 13.1. The van der Waals surface area contributed by atoms with Crippen LogP contribution in [0.2, 0.25) is 0 Å². The van der Waals surface area contributed by atoms with Gasteiger partial charge in [-0.05, 0) is 48.6 Å². The second-order valence-electron chi connectivity index (χ2n) is 9.39. The highest BCUT2D eigenvalue weighted by atomic mass is 16.5. The summed E-state index contributed by atoms with van der Waals surface area (Å²) in [4.78, 5) is 40.5. The number of rotatable bonds is 6. The zero-order valence-corrected chi connectivity index (χ0v) is 20.9. The molecular formula is C26H32N8O3. The molecule has 0 aliphatic carbocycles. The van der Waals surface area contributed by atoms with Gasteiger partial charge < -0.3 is 30.2 Å². The summed E-state index contributed by atoms with van der Waals surface area (Å²) in [7, 11) is 1.64. The van der Waals surface area contributed by atoms with Gasteiger partial charge in [0.25, 0.3) is 5.91 Å². The van der Waals surface area contributed by atoms with Crippen LogP contribution in [0.5, 0.6) is 5.75 Å². The lowest BCUT2D eigenvalue weighted by atomic mass is 10.0. The number of amides is 3. The van der Waals surface area contributed by atoms with E-state index >= 15 is 0 Å². The van der Waals surface area contributed by atoms with E-state index in [0.29, 0.717) is 31.1 Å². The van der Waals surface area contributed by atoms with Crippen molar-refractivity contribution in [1.29, 1.82) is 0 Å². The van der Waals surface area contributed by atoms with Gasteiger partial charge in [-0.2, -0.15) is 0 Å². The van der Waals surface area contributed by atoms with Crippen molar-refractivity contribution in [3.63, 3.8) is 0 Å². The van der Waals surface area contributed by atoms with Gasteiger partial charge in [-0.15, -0.1) is 0 Å². The van der Waals surface area contributed by atoms with Gasteiger partial charge in [-0.3, -0.25) is 10.6 Å². The second kappa shape index (κ2) is 10.5. The molecule has 1 fully saturated rings. The normalized spacial score (nSPS) is 18.3. The van der Waals surface area contributed by atoms with Crippen molar-refractivity contribution in [2.75, 3.05) is 50.1 Å². The van der Waals surface area contributed by atoms with Crippen LogP contribution in [-0.2, 0) is 6.42 Å². The molecule has 11 heteroatoms. The molecule has 5 rings (SSSR count). The van der Waals surface area contributed by atoms with E-state index in [2.05, 4.69) is 32.2 Å². The van der Waals surface area contributed by atoms with Gasteiger partial charge in [0.15, 0.2) is 0 Å². The van der Waals surface area contributed by atoms with Gasteiger partial charge in [-0.25, -0.2) is 14.8 Å². The fourth-order valence-electron chi connectivity index (χ4n) is 5.23. The molecule has 37 heavy (non-hydrogen) atoms. The van der Waals surface area contributed by atoms with Crippen LogP contribution in [-0.4, -0.2) is 77.6 Å². The number of benzene rings is 1. The molecule has 2 aromatic rings. The summed E-state index contributed by atoms with van der Waals surface area (Å²) in [5, 5.41) is 3.06. The fraction of sp³-hybridized carbons (Fsp3) is 0.385. The molecule has 3 amide bonds. The Morgan fingerprint density at radius 2 is 2.03 bits per heavy atom. The maximum Gasteiger partial charge on any atom is 0.322 e. The van der Waals surface area contributed by atoms with Gasteiger partial charge in [0, 0.05) is 44.0 Å². The van der Waals surface area contributed by atoms with Crippen LogP contribution < -0.4 is 26.2 Å². The van der Waals surface area contributed by atoms with Crippen molar-refractivity contribution < 1.29 is 14.3 Å². The Balaban J connectivity index is 1.21. The first kappa shape index (κ1) is 24.6. The molecule has 0 saturated carbocycles. The largest absolute Gasteiger partial charge is 0.497 e. The first-order valence-corrected chi connectivity index (χ1v) is 12.4. The summed E-state index contributed by atoms with van der Waals surface area (Å²) in [6.45, 7) is 6.72. The molecule has 0 unspecified atom stereocenters. The fourth-order valence-corrected chi connectivity index (χ4v) is 5.23. The van der Waals surface area contributed by atoms with Crippen molar-refractivity contribution in [1.82, 2.24) is 25.2 Å². The highest BCUT2D eigenvalue weighted by molar-refractivity contribution is 5.94. The average Bonchev–Trinajstić information content (AvgIpc) is 3.29. The molecule has 1 aromatic heterocycles. The summed E-state index contributed by atoms with van der Waals surface area (Å²) in [6.07, 6.45) is 5.53. The number of piperidine rings is 1. The Morgan fingerprint density at radius 3 is 2.73 bits per heavy atom. The molecule has 1 saturated heterocycles. The van der Waals surface area contributed by atoms with Crippen molar-refractivity contribution in [2.24, 2.45) is 5.84 Å². The van der Waals surface area contributed by atoms with E-state index in [4.69, 9.17) is 10.6 Å². The third kappa shape index (κ3) is 4.94.